The first kappa shape index (κ1) is 13.8. The Morgan fingerprint density at radius 3 is 2.56 bits per heavy atom. The Bertz CT molecular complexity index is 379. The lowest BCUT2D eigenvalue weighted by Crippen LogP contribution is -2.35. The lowest BCUT2D eigenvalue weighted by molar-refractivity contribution is -0.138. The molecule has 0 aromatic carbocycles. The Kier molecular flexibility index (Phi) is 5.05. The highest BCUT2D eigenvalue weighted by molar-refractivity contribution is 7.15. The summed E-state index contributed by atoms with van der Waals surface area (Å²) in [6.07, 6.45) is 0. The van der Waals surface area contributed by atoms with Gasteiger partial charge < -0.3 is 5.11 Å². The van der Waals surface area contributed by atoms with E-state index in [1.165, 1.54) is 11.3 Å². The molecular weight excluding hydrogens is 269 g/mol. The van der Waals surface area contributed by atoms with Crippen LogP contribution in [0.15, 0.2) is 5.38 Å². The largest absolute Gasteiger partial charge is 0.480 e. The number of nitrogens with zero attached hydrogens (tertiary/aromatic N) is 1. The van der Waals surface area contributed by atoms with E-state index >= 15 is 0 Å². The van der Waals surface area contributed by atoms with Crippen LogP contribution in [0.1, 0.15) is 19.4 Å². The number of hydrogen-bond donors (Lipinski definition) is 1. The fraction of sp³-hybridized carbons (Fsp3) is 0.500. The van der Waals surface area contributed by atoms with E-state index in [1.807, 2.05) is 24.1 Å². The van der Waals surface area contributed by atoms with Crippen LogP contribution < -0.4 is 0 Å². The van der Waals surface area contributed by atoms with Gasteiger partial charge in [0.05, 0.1) is 11.6 Å². The van der Waals surface area contributed by atoms with Gasteiger partial charge in [-0.2, -0.15) is 0 Å². The molecule has 0 fully saturated rings. The maximum atomic E-state index is 10.7. The minimum Gasteiger partial charge on any atom is -0.480 e. The van der Waals surface area contributed by atoms with Crippen molar-refractivity contribution in [2.24, 2.45) is 0 Å². The molecule has 0 atom stereocenters. The van der Waals surface area contributed by atoms with Gasteiger partial charge in [-0.15, -0.1) is 11.3 Å². The van der Waals surface area contributed by atoms with Gasteiger partial charge in [-0.1, -0.05) is 23.2 Å². The van der Waals surface area contributed by atoms with Crippen molar-refractivity contribution in [2.75, 3.05) is 6.54 Å². The zero-order valence-corrected chi connectivity index (χ0v) is 11.4. The Morgan fingerprint density at radius 1 is 1.56 bits per heavy atom. The summed E-state index contributed by atoms with van der Waals surface area (Å²) < 4.78 is 0.552. The molecule has 1 rings (SSSR count). The topological polar surface area (TPSA) is 40.5 Å². The molecule has 16 heavy (non-hydrogen) atoms. The van der Waals surface area contributed by atoms with Crippen LogP contribution in [0.3, 0.4) is 0 Å². The molecule has 1 N–H and O–H groups in total. The van der Waals surface area contributed by atoms with Crippen LogP contribution in [-0.4, -0.2) is 28.6 Å². The van der Waals surface area contributed by atoms with E-state index in [0.717, 1.165) is 5.56 Å². The summed E-state index contributed by atoms with van der Waals surface area (Å²) >= 11 is 13.2. The van der Waals surface area contributed by atoms with Gasteiger partial charge in [-0.25, -0.2) is 0 Å². The van der Waals surface area contributed by atoms with E-state index < -0.39 is 5.97 Å². The number of thiophene rings is 1. The van der Waals surface area contributed by atoms with Crippen LogP contribution >= 0.6 is 34.5 Å². The highest BCUT2D eigenvalue weighted by Gasteiger charge is 2.17. The second-order valence-electron chi connectivity index (χ2n) is 3.74. The zero-order chi connectivity index (χ0) is 12.3. The predicted molar refractivity (Wildman–Crippen MR) is 67.5 cm³/mol. The Balaban J connectivity index is 2.75. The number of carboxylic acid groups (broad SMARTS) is 1. The van der Waals surface area contributed by atoms with Gasteiger partial charge in [0.25, 0.3) is 0 Å². The highest BCUT2D eigenvalue weighted by Crippen LogP contribution is 2.33. The molecule has 6 heteroatoms. The van der Waals surface area contributed by atoms with Gasteiger partial charge in [-0.05, 0) is 24.8 Å². The molecule has 0 unspecified atom stereocenters. The van der Waals surface area contributed by atoms with Crippen molar-refractivity contribution >= 4 is 40.5 Å². The van der Waals surface area contributed by atoms with Crippen LogP contribution in [0, 0.1) is 0 Å². The number of carbonyl (C=O) groups is 1. The van der Waals surface area contributed by atoms with E-state index in [4.69, 9.17) is 28.3 Å². The fourth-order valence-corrected chi connectivity index (χ4v) is 2.51. The molecule has 1 aromatic heterocycles. The quantitative estimate of drug-likeness (QED) is 0.900. The molecule has 1 aromatic rings. The molecular formula is C10H13Cl2NO2S. The van der Waals surface area contributed by atoms with Crippen molar-refractivity contribution in [1.29, 1.82) is 0 Å². The van der Waals surface area contributed by atoms with Crippen LogP contribution in [0.4, 0.5) is 0 Å². The number of halogens is 2. The number of rotatable bonds is 5. The van der Waals surface area contributed by atoms with Crippen molar-refractivity contribution in [1.82, 2.24) is 4.90 Å². The van der Waals surface area contributed by atoms with Crippen LogP contribution in [-0.2, 0) is 11.3 Å². The molecule has 0 saturated heterocycles. The van der Waals surface area contributed by atoms with Crippen molar-refractivity contribution in [2.45, 2.75) is 26.4 Å². The second kappa shape index (κ2) is 5.87. The SMILES string of the molecule is CC(C)N(CC(=O)O)Cc1csc(Cl)c1Cl. The lowest BCUT2D eigenvalue weighted by Gasteiger charge is -2.24. The van der Waals surface area contributed by atoms with E-state index in [1.54, 1.807) is 0 Å². The molecule has 0 aliphatic heterocycles. The third-order valence-electron chi connectivity index (χ3n) is 2.20. The first-order valence-corrected chi connectivity index (χ1v) is 6.42. The summed E-state index contributed by atoms with van der Waals surface area (Å²) in [7, 11) is 0. The average molecular weight is 282 g/mol. The molecule has 90 valence electrons. The summed E-state index contributed by atoms with van der Waals surface area (Å²) in [6.45, 7) is 4.41. The predicted octanol–water partition coefficient (Wildman–Crippen LogP) is 3.35. The smallest absolute Gasteiger partial charge is 0.317 e. The van der Waals surface area contributed by atoms with Gasteiger partial charge in [0.2, 0.25) is 0 Å². The van der Waals surface area contributed by atoms with Gasteiger partial charge in [-0.3, -0.25) is 9.69 Å². The zero-order valence-electron chi connectivity index (χ0n) is 9.04. The van der Waals surface area contributed by atoms with Crippen molar-refractivity contribution in [3.05, 3.63) is 20.3 Å². The van der Waals surface area contributed by atoms with E-state index in [9.17, 15) is 4.79 Å². The molecule has 0 spiro atoms. The standard InChI is InChI=1S/C10H13Cl2NO2S/c1-6(2)13(4-8(14)15)3-7-5-16-10(12)9(7)11/h5-6H,3-4H2,1-2H3,(H,14,15). The highest BCUT2D eigenvalue weighted by atomic mass is 35.5. The molecule has 0 aliphatic carbocycles. The van der Waals surface area contributed by atoms with Crippen LogP contribution in [0.2, 0.25) is 9.36 Å². The molecule has 0 saturated carbocycles. The number of aliphatic carboxylic acids is 1. The molecule has 0 amide bonds. The normalized spacial score (nSPS) is 11.4. The monoisotopic (exact) mass is 281 g/mol. The van der Waals surface area contributed by atoms with Gasteiger partial charge >= 0.3 is 5.97 Å². The Labute approximate surface area is 109 Å². The first-order chi connectivity index (χ1) is 7.41. The summed E-state index contributed by atoms with van der Waals surface area (Å²) in [5, 5.41) is 11.2. The second-order valence-corrected chi connectivity index (χ2v) is 5.60. The maximum Gasteiger partial charge on any atom is 0.317 e. The van der Waals surface area contributed by atoms with Crippen LogP contribution in [0.25, 0.3) is 0 Å². The summed E-state index contributed by atoms with van der Waals surface area (Å²) in [6, 6.07) is 0.144. The van der Waals surface area contributed by atoms with E-state index in [2.05, 4.69) is 0 Å². The summed E-state index contributed by atoms with van der Waals surface area (Å²) in [5.74, 6) is -0.842. The van der Waals surface area contributed by atoms with E-state index in [0.29, 0.717) is 15.9 Å². The fourth-order valence-electron chi connectivity index (χ4n) is 1.27. The van der Waals surface area contributed by atoms with Gasteiger partial charge in [0.1, 0.15) is 4.34 Å². The van der Waals surface area contributed by atoms with Crippen molar-refractivity contribution in [3.63, 3.8) is 0 Å². The average Bonchev–Trinajstić information content (AvgIpc) is 2.47. The molecule has 0 aliphatic rings. The Hall–Kier alpha value is -0.290. The van der Waals surface area contributed by atoms with Crippen LogP contribution in [0.5, 0.6) is 0 Å². The summed E-state index contributed by atoms with van der Waals surface area (Å²) in [5.41, 5.74) is 0.881. The van der Waals surface area contributed by atoms with Crippen molar-refractivity contribution in [3.8, 4) is 0 Å². The third kappa shape index (κ3) is 3.63. The lowest BCUT2D eigenvalue weighted by atomic mass is 10.2. The first-order valence-electron chi connectivity index (χ1n) is 4.79. The van der Waals surface area contributed by atoms with Gasteiger partial charge in [0.15, 0.2) is 0 Å². The van der Waals surface area contributed by atoms with Crippen molar-refractivity contribution < 1.29 is 9.90 Å². The summed E-state index contributed by atoms with van der Waals surface area (Å²) in [4.78, 5) is 12.5. The molecule has 0 radical (unpaired) electrons. The molecule has 1 heterocycles. The maximum absolute atomic E-state index is 10.7. The minimum absolute atomic E-state index is 0.00145. The molecule has 0 bridgehead atoms. The molecule has 3 nitrogen and oxygen atoms in total. The van der Waals surface area contributed by atoms with E-state index in [-0.39, 0.29) is 12.6 Å². The third-order valence-corrected chi connectivity index (χ3v) is 4.11. The number of carboxylic acids is 1. The minimum atomic E-state index is -0.842. The Morgan fingerprint density at radius 2 is 2.19 bits per heavy atom. The van der Waals surface area contributed by atoms with Gasteiger partial charge in [0, 0.05) is 12.6 Å². The number of hydrogen-bond acceptors (Lipinski definition) is 3.